The van der Waals surface area contributed by atoms with Crippen molar-refractivity contribution in [1.29, 1.82) is 0 Å². The fourth-order valence-electron chi connectivity index (χ4n) is 0.355. The van der Waals surface area contributed by atoms with Crippen LogP contribution in [0.2, 0.25) is 0 Å². The summed E-state index contributed by atoms with van der Waals surface area (Å²) in [6.45, 7) is 3.74. The smallest absolute Gasteiger partial charge is 0.107 e. The highest BCUT2D eigenvalue weighted by atomic mass is 16.6. The minimum absolute atomic E-state index is 0.965. The predicted octanol–water partition coefficient (Wildman–Crippen LogP) is 1.23. The first-order chi connectivity index (χ1) is 3.41. The Morgan fingerprint density at radius 3 is 2.86 bits per heavy atom. The van der Waals surface area contributed by atoms with Crippen LogP contribution in [0, 0.1) is 6.61 Å². The molecule has 0 heterocycles. The summed E-state index contributed by atoms with van der Waals surface area (Å²) in [7, 11) is 0. The standard InChI is InChI=1S/C5H12NO/c1-2-3-4-5-7-6/h5H,2-4,6H2,1H3. The Kier molecular flexibility index (Phi) is 5.85. The monoisotopic (exact) mass is 102 g/mol. The third kappa shape index (κ3) is 5.92. The third-order valence-corrected chi connectivity index (χ3v) is 0.772. The van der Waals surface area contributed by atoms with E-state index in [0.29, 0.717) is 0 Å². The average Bonchev–Trinajstić information content (AvgIpc) is 1.69. The van der Waals surface area contributed by atoms with Crippen LogP contribution in [0.3, 0.4) is 0 Å². The number of rotatable bonds is 4. The van der Waals surface area contributed by atoms with E-state index in [0.717, 1.165) is 12.8 Å². The molecule has 2 N–H and O–H groups in total. The molecule has 0 amide bonds. The predicted molar refractivity (Wildman–Crippen MR) is 29.1 cm³/mol. The topological polar surface area (TPSA) is 35.2 Å². The molecule has 0 saturated heterocycles. The molecule has 0 spiro atoms. The summed E-state index contributed by atoms with van der Waals surface area (Å²) in [5.74, 6) is 4.71. The van der Waals surface area contributed by atoms with Gasteiger partial charge in [-0.3, -0.25) is 4.84 Å². The van der Waals surface area contributed by atoms with Gasteiger partial charge in [-0.1, -0.05) is 19.8 Å². The van der Waals surface area contributed by atoms with Crippen molar-refractivity contribution < 1.29 is 4.84 Å². The second-order valence-electron chi connectivity index (χ2n) is 1.44. The molecule has 0 atom stereocenters. The van der Waals surface area contributed by atoms with Crippen molar-refractivity contribution in [2.75, 3.05) is 0 Å². The SMILES string of the molecule is CCCC[CH]ON. The lowest BCUT2D eigenvalue weighted by atomic mass is 10.3. The zero-order valence-corrected chi connectivity index (χ0v) is 4.68. The largest absolute Gasteiger partial charge is 0.299 e. The second kappa shape index (κ2) is 5.92. The van der Waals surface area contributed by atoms with Gasteiger partial charge in [0, 0.05) is 0 Å². The fraction of sp³-hybridized carbons (Fsp3) is 0.800. The lowest BCUT2D eigenvalue weighted by Crippen LogP contribution is -1.93. The Morgan fingerprint density at radius 1 is 1.71 bits per heavy atom. The average molecular weight is 102 g/mol. The van der Waals surface area contributed by atoms with Crippen LogP contribution in [-0.2, 0) is 4.84 Å². The van der Waals surface area contributed by atoms with Crippen LogP contribution >= 0.6 is 0 Å². The maximum atomic E-state index is 4.71. The molecule has 0 aromatic rings. The van der Waals surface area contributed by atoms with Crippen molar-refractivity contribution in [1.82, 2.24) is 0 Å². The molecule has 0 aromatic carbocycles. The molecule has 0 unspecified atom stereocenters. The van der Waals surface area contributed by atoms with E-state index in [2.05, 4.69) is 11.8 Å². The molecule has 43 valence electrons. The Morgan fingerprint density at radius 2 is 2.43 bits per heavy atom. The highest BCUT2D eigenvalue weighted by Gasteiger charge is 1.81. The van der Waals surface area contributed by atoms with E-state index in [9.17, 15) is 0 Å². The third-order valence-electron chi connectivity index (χ3n) is 0.772. The van der Waals surface area contributed by atoms with Gasteiger partial charge in [-0.25, -0.2) is 5.90 Å². The summed E-state index contributed by atoms with van der Waals surface area (Å²) in [4.78, 5) is 4.22. The molecular formula is C5H12NO. The minimum atomic E-state index is 0.965. The van der Waals surface area contributed by atoms with E-state index >= 15 is 0 Å². The highest BCUT2D eigenvalue weighted by molar-refractivity contribution is 4.46. The fourth-order valence-corrected chi connectivity index (χ4v) is 0.355. The molecule has 0 saturated carbocycles. The Hall–Kier alpha value is -0.0800. The Labute approximate surface area is 44.6 Å². The first-order valence-electron chi connectivity index (χ1n) is 2.59. The summed E-state index contributed by atoms with van der Waals surface area (Å²) < 4.78 is 0. The first kappa shape index (κ1) is 6.92. The van der Waals surface area contributed by atoms with Crippen LogP contribution in [0.25, 0.3) is 0 Å². The van der Waals surface area contributed by atoms with Crippen LogP contribution in [0.15, 0.2) is 0 Å². The lowest BCUT2D eigenvalue weighted by molar-refractivity contribution is 0.197. The van der Waals surface area contributed by atoms with Gasteiger partial charge in [0.25, 0.3) is 0 Å². The summed E-state index contributed by atoms with van der Waals surface area (Å²) in [5, 5.41) is 0. The molecular weight excluding hydrogens is 90.1 g/mol. The van der Waals surface area contributed by atoms with E-state index in [1.165, 1.54) is 6.42 Å². The van der Waals surface area contributed by atoms with E-state index < -0.39 is 0 Å². The molecule has 0 bridgehead atoms. The van der Waals surface area contributed by atoms with Gasteiger partial charge in [-0.2, -0.15) is 0 Å². The van der Waals surface area contributed by atoms with Crippen LogP contribution in [0.1, 0.15) is 26.2 Å². The van der Waals surface area contributed by atoms with E-state index in [-0.39, 0.29) is 0 Å². The van der Waals surface area contributed by atoms with Crippen LogP contribution in [0.4, 0.5) is 0 Å². The van der Waals surface area contributed by atoms with E-state index in [1.54, 1.807) is 6.61 Å². The van der Waals surface area contributed by atoms with E-state index in [4.69, 9.17) is 5.90 Å². The summed E-state index contributed by atoms with van der Waals surface area (Å²) >= 11 is 0. The second-order valence-corrected chi connectivity index (χ2v) is 1.44. The molecule has 0 fully saturated rings. The number of hydrogen-bond donors (Lipinski definition) is 1. The van der Waals surface area contributed by atoms with Gasteiger partial charge in [-0.15, -0.1) is 0 Å². The van der Waals surface area contributed by atoms with Crippen LogP contribution in [0.5, 0.6) is 0 Å². The molecule has 0 aliphatic heterocycles. The van der Waals surface area contributed by atoms with Crippen molar-refractivity contribution in [2.24, 2.45) is 5.90 Å². The molecule has 2 heteroatoms. The lowest BCUT2D eigenvalue weighted by Gasteiger charge is -1.91. The first-order valence-corrected chi connectivity index (χ1v) is 2.59. The Balaban J connectivity index is 2.45. The van der Waals surface area contributed by atoms with Gasteiger partial charge < -0.3 is 0 Å². The molecule has 0 aromatic heterocycles. The molecule has 0 aliphatic rings. The van der Waals surface area contributed by atoms with Gasteiger partial charge in [0.1, 0.15) is 6.61 Å². The van der Waals surface area contributed by atoms with Gasteiger partial charge in [0.2, 0.25) is 0 Å². The quantitative estimate of drug-likeness (QED) is 0.428. The minimum Gasteiger partial charge on any atom is -0.299 e. The van der Waals surface area contributed by atoms with Crippen LogP contribution in [-0.4, -0.2) is 0 Å². The summed E-state index contributed by atoms with van der Waals surface area (Å²) in [5.41, 5.74) is 0. The maximum Gasteiger partial charge on any atom is 0.107 e. The van der Waals surface area contributed by atoms with Crippen molar-refractivity contribution in [2.45, 2.75) is 26.2 Å². The zero-order chi connectivity index (χ0) is 5.54. The highest BCUT2D eigenvalue weighted by Crippen LogP contribution is 1.95. The maximum absolute atomic E-state index is 4.71. The molecule has 0 rings (SSSR count). The van der Waals surface area contributed by atoms with E-state index in [1.807, 2.05) is 0 Å². The number of unbranched alkanes of at least 4 members (excludes halogenated alkanes) is 2. The normalized spacial score (nSPS) is 9.43. The van der Waals surface area contributed by atoms with Crippen LogP contribution < -0.4 is 5.90 Å². The molecule has 7 heavy (non-hydrogen) atoms. The number of hydrogen-bond acceptors (Lipinski definition) is 2. The van der Waals surface area contributed by atoms with Gasteiger partial charge in [0.05, 0.1) is 0 Å². The summed E-state index contributed by atoms with van der Waals surface area (Å²) in [6, 6.07) is 0. The number of nitrogens with two attached hydrogens (primary N) is 1. The van der Waals surface area contributed by atoms with Crippen molar-refractivity contribution in [3.05, 3.63) is 6.61 Å². The van der Waals surface area contributed by atoms with Gasteiger partial charge >= 0.3 is 0 Å². The molecule has 0 aliphatic carbocycles. The van der Waals surface area contributed by atoms with Gasteiger partial charge in [-0.05, 0) is 6.42 Å². The van der Waals surface area contributed by atoms with Crippen molar-refractivity contribution >= 4 is 0 Å². The zero-order valence-electron chi connectivity index (χ0n) is 4.68. The van der Waals surface area contributed by atoms with Gasteiger partial charge in [0.15, 0.2) is 0 Å². The molecule has 2 nitrogen and oxygen atoms in total. The van der Waals surface area contributed by atoms with Crippen molar-refractivity contribution in [3.8, 4) is 0 Å². The summed E-state index contributed by atoms with van der Waals surface area (Å²) in [6.07, 6.45) is 3.32. The Bertz CT molecular complexity index is 27.3. The molecule has 1 radical (unpaired) electrons. The van der Waals surface area contributed by atoms with Crippen molar-refractivity contribution in [3.63, 3.8) is 0 Å².